The fourth-order valence-electron chi connectivity index (χ4n) is 2.23. The van der Waals surface area contributed by atoms with Crippen molar-refractivity contribution in [3.8, 4) is 0 Å². The van der Waals surface area contributed by atoms with Crippen molar-refractivity contribution in [3.05, 3.63) is 18.0 Å². The molecule has 2 nitrogen and oxygen atoms in total. The third-order valence-corrected chi connectivity index (χ3v) is 4.26. The van der Waals surface area contributed by atoms with Crippen LogP contribution in [0.25, 0.3) is 0 Å². The van der Waals surface area contributed by atoms with Crippen LogP contribution in [0.1, 0.15) is 31.4 Å². The average molecular weight is 257 g/mol. The Balaban J connectivity index is 1.95. The van der Waals surface area contributed by atoms with Gasteiger partial charge in [-0.1, -0.05) is 28.8 Å². The van der Waals surface area contributed by atoms with E-state index in [2.05, 4.69) is 27.1 Å². The summed E-state index contributed by atoms with van der Waals surface area (Å²) < 4.78 is 1.89. The molecule has 0 saturated heterocycles. The van der Waals surface area contributed by atoms with Crippen molar-refractivity contribution in [2.45, 2.75) is 36.9 Å². The molecule has 1 aromatic rings. The topological polar surface area (TPSA) is 17.8 Å². The fraction of sp³-hybridized carbons (Fsp3) is 0.727. The second-order valence-electron chi connectivity index (χ2n) is 4.25. The molecule has 0 radical (unpaired) electrons. The van der Waals surface area contributed by atoms with Gasteiger partial charge in [0.1, 0.15) is 0 Å². The SMILES string of the molecule is Cn1ccc(CC2CCCCC2Br)n1. The summed E-state index contributed by atoms with van der Waals surface area (Å²) in [5.74, 6) is 0.790. The van der Waals surface area contributed by atoms with Gasteiger partial charge in [-0.3, -0.25) is 4.68 Å². The van der Waals surface area contributed by atoms with E-state index in [0.29, 0.717) is 4.83 Å². The lowest BCUT2D eigenvalue weighted by Gasteiger charge is -2.26. The highest BCUT2D eigenvalue weighted by atomic mass is 79.9. The first-order valence-electron chi connectivity index (χ1n) is 5.38. The fourth-order valence-corrected chi connectivity index (χ4v) is 3.01. The van der Waals surface area contributed by atoms with Crippen LogP contribution >= 0.6 is 15.9 Å². The highest BCUT2D eigenvalue weighted by Gasteiger charge is 2.23. The molecule has 78 valence electrons. The van der Waals surface area contributed by atoms with E-state index >= 15 is 0 Å². The number of halogens is 1. The van der Waals surface area contributed by atoms with Crippen LogP contribution in [-0.2, 0) is 13.5 Å². The molecule has 1 fully saturated rings. The van der Waals surface area contributed by atoms with Gasteiger partial charge in [0.15, 0.2) is 0 Å². The number of nitrogens with zero attached hydrogens (tertiary/aromatic N) is 2. The van der Waals surface area contributed by atoms with E-state index in [9.17, 15) is 0 Å². The summed E-state index contributed by atoms with van der Waals surface area (Å²) in [6, 6.07) is 2.13. The Bertz CT molecular complexity index is 295. The number of alkyl halides is 1. The van der Waals surface area contributed by atoms with Crippen molar-refractivity contribution >= 4 is 15.9 Å². The minimum absolute atomic E-state index is 0.707. The lowest BCUT2D eigenvalue weighted by atomic mass is 9.86. The lowest BCUT2D eigenvalue weighted by Crippen LogP contribution is -2.21. The Morgan fingerprint density at radius 1 is 1.50 bits per heavy atom. The standard InChI is InChI=1S/C11H17BrN2/c1-14-7-6-10(13-14)8-9-4-2-3-5-11(9)12/h6-7,9,11H,2-5,8H2,1H3. The molecule has 0 N–H and O–H groups in total. The van der Waals surface area contributed by atoms with Gasteiger partial charge in [-0.2, -0.15) is 5.10 Å². The number of hydrogen-bond donors (Lipinski definition) is 0. The monoisotopic (exact) mass is 256 g/mol. The molecule has 0 amide bonds. The average Bonchev–Trinajstić information content (AvgIpc) is 2.56. The van der Waals surface area contributed by atoms with E-state index in [1.165, 1.54) is 31.4 Å². The van der Waals surface area contributed by atoms with Gasteiger partial charge >= 0.3 is 0 Å². The zero-order valence-corrected chi connectivity index (χ0v) is 10.2. The lowest BCUT2D eigenvalue weighted by molar-refractivity contribution is 0.370. The van der Waals surface area contributed by atoms with Crippen molar-refractivity contribution in [3.63, 3.8) is 0 Å². The molecule has 2 rings (SSSR count). The third-order valence-electron chi connectivity index (χ3n) is 3.06. The highest BCUT2D eigenvalue weighted by Crippen LogP contribution is 2.31. The van der Waals surface area contributed by atoms with Crippen molar-refractivity contribution in [2.24, 2.45) is 13.0 Å². The van der Waals surface area contributed by atoms with Gasteiger partial charge in [0.2, 0.25) is 0 Å². The van der Waals surface area contributed by atoms with E-state index in [1.54, 1.807) is 0 Å². The Morgan fingerprint density at radius 3 is 2.93 bits per heavy atom. The Kier molecular flexibility index (Phi) is 3.26. The van der Waals surface area contributed by atoms with Gasteiger partial charge in [0.05, 0.1) is 5.69 Å². The molecule has 1 aliphatic rings. The summed E-state index contributed by atoms with van der Waals surface area (Å²) >= 11 is 3.78. The van der Waals surface area contributed by atoms with E-state index in [0.717, 1.165) is 12.3 Å². The van der Waals surface area contributed by atoms with Crippen molar-refractivity contribution in [2.75, 3.05) is 0 Å². The molecular formula is C11H17BrN2. The molecule has 1 heterocycles. The summed E-state index contributed by atoms with van der Waals surface area (Å²) in [6.07, 6.45) is 8.62. The van der Waals surface area contributed by atoms with Gasteiger partial charge in [-0.15, -0.1) is 0 Å². The van der Waals surface area contributed by atoms with Gasteiger partial charge < -0.3 is 0 Å². The van der Waals surface area contributed by atoms with Crippen LogP contribution in [0.3, 0.4) is 0 Å². The molecule has 2 unspecified atom stereocenters. The normalized spacial score (nSPS) is 27.9. The zero-order valence-electron chi connectivity index (χ0n) is 8.62. The molecule has 0 spiro atoms. The first kappa shape index (κ1) is 10.2. The minimum Gasteiger partial charge on any atom is -0.276 e. The van der Waals surface area contributed by atoms with Gasteiger partial charge in [-0.25, -0.2) is 0 Å². The number of hydrogen-bond acceptors (Lipinski definition) is 1. The second kappa shape index (κ2) is 4.47. The predicted octanol–water partition coefficient (Wildman–Crippen LogP) is 2.92. The highest BCUT2D eigenvalue weighted by molar-refractivity contribution is 9.09. The molecular weight excluding hydrogens is 240 g/mol. The second-order valence-corrected chi connectivity index (χ2v) is 5.42. The molecule has 0 aliphatic heterocycles. The van der Waals surface area contributed by atoms with E-state index in [-0.39, 0.29) is 0 Å². The molecule has 1 aliphatic carbocycles. The zero-order chi connectivity index (χ0) is 9.97. The predicted molar refractivity (Wildman–Crippen MR) is 61.6 cm³/mol. The van der Waals surface area contributed by atoms with E-state index < -0.39 is 0 Å². The summed E-state index contributed by atoms with van der Waals surface area (Å²) in [7, 11) is 1.98. The smallest absolute Gasteiger partial charge is 0.0627 e. The molecule has 1 saturated carbocycles. The Hall–Kier alpha value is -0.310. The van der Waals surface area contributed by atoms with Gasteiger partial charge in [-0.05, 0) is 31.2 Å². The van der Waals surface area contributed by atoms with Crippen LogP contribution in [0.5, 0.6) is 0 Å². The quantitative estimate of drug-likeness (QED) is 0.745. The first-order chi connectivity index (χ1) is 6.75. The minimum atomic E-state index is 0.707. The van der Waals surface area contributed by atoms with Crippen LogP contribution in [0.4, 0.5) is 0 Å². The Labute approximate surface area is 93.8 Å². The van der Waals surface area contributed by atoms with Crippen LogP contribution in [0.2, 0.25) is 0 Å². The summed E-state index contributed by atoms with van der Waals surface area (Å²) in [4.78, 5) is 0.707. The maximum absolute atomic E-state index is 4.44. The summed E-state index contributed by atoms with van der Waals surface area (Å²) in [5, 5.41) is 4.44. The van der Waals surface area contributed by atoms with Crippen LogP contribution in [0, 0.1) is 5.92 Å². The largest absolute Gasteiger partial charge is 0.276 e. The number of rotatable bonds is 2. The van der Waals surface area contributed by atoms with Gasteiger partial charge in [0.25, 0.3) is 0 Å². The van der Waals surface area contributed by atoms with E-state index in [1.807, 2.05) is 17.9 Å². The maximum Gasteiger partial charge on any atom is 0.0627 e. The summed E-state index contributed by atoms with van der Waals surface area (Å²) in [6.45, 7) is 0. The van der Waals surface area contributed by atoms with E-state index in [4.69, 9.17) is 0 Å². The third kappa shape index (κ3) is 2.38. The molecule has 3 heteroatoms. The molecule has 1 aromatic heterocycles. The van der Waals surface area contributed by atoms with Gasteiger partial charge in [0, 0.05) is 18.1 Å². The first-order valence-corrected chi connectivity index (χ1v) is 6.30. The van der Waals surface area contributed by atoms with Crippen molar-refractivity contribution in [1.82, 2.24) is 9.78 Å². The maximum atomic E-state index is 4.44. The Morgan fingerprint density at radius 2 is 2.29 bits per heavy atom. The van der Waals surface area contributed by atoms with Crippen molar-refractivity contribution < 1.29 is 0 Å². The number of aryl methyl sites for hydroxylation is 1. The summed E-state index contributed by atoms with van der Waals surface area (Å²) in [5.41, 5.74) is 1.24. The molecule has 2 atom stereocenters. The molecule has 14 heavy (non-hydrogen) atoms. The van der Waals surface area contributed by atoms with Crippen LogP contribution in [0.15, 0.2) is 12.3 Å². The molecule has 0 bridgehead atoms. The van der Waals surface area contributed by atoms with Crippen LogP contribution < -0.4 is 0 Å². The van der Waals surface area contributed by atoms with Crippen LogP contribution in [-0.4, -0.2) is 14.6 Å². The molecule has 0 aromatic carbocycles. The van der Waals surface area contributed by atoms with Crippen molar-refractivity contribution in [1.29, 1.82) is 0 Å². The number of aromatic nitrogens is 2.